The summed E-state index contributed by atoms with van der Waals surface area (Å²) in [7, 11) is 0. The van der Waals surface area contributed by atoms with Crippen LogP contribution in [-0.4, -0.2) is 22.6 Å². The highest BCUT2D eigenvalue weighted by molar-refractivity contribution is 14.1. The van der Waals surface area contributed by atoms with Crippen LogP contribution in [0.25, 0.3) is 0 Å². The highest BCUT2D eigenvalue weighted by atomic mass is 127. The molecule has 1 aliphatic rings. The van der Waals surface area contributed by atoms with Gasteiger partial charge in [0.05, 0.1) is 16.7 Å². The Morgan fingerprint density at radius 2 is 1.71 bits per heavy atom. The Bertz CT molecular complexity index is 801. The van der Waals surface area contributed by atoms with Gasteiger partial charge in [-0.25, -0.2) is 4.90 Å². The lowest BCUT2D eigenvalue weighted by Crippen LogP contribution is -2.36. The standard InChI is InChI=1S/C15H9IN2O3/c16-10-6-2-1-4-8(10)13(19)18-14(20)9-5-3-7-11(17)12(9)15(18)21/h1-7H,17H2. The van der Waals surface area contributed by atoms with Crippen molar-refractivity contribution in [2.45, 2.75) is 0 Å². The van der Waals surface area contributed by atoms with Crippen LogP contribution in [0.1, 0.15) is 31.1 Å². The maximum absolute atomic E-state index is 12.5. The third-order valence-electron chi connectivity index (χ3n) is 3.25. The lowest BCUT2D eigenvalue weighted by atomic mass is 10.1. The van der Waals surface area contributed by atoms with Crippen molar-refractivity contribution < 1.29 is 14.4 Å². The molecule has 0 spiro atoms. The van der Waals surface area contributed by atoms with Gasteiger partial charge in [0, 0.05) is 9.26 Å². The number of fused-ring (bicyclic) bond motifs is 1. The largest absolute Gasteiger partial charge is 0.398 e. The van der Waals surface area contributed by atoms with Gasteiger partial charge in [-0.3, -0.25) is 14.4 Å². The lowest BCUT2D eigenvalue weighted by molar-refractivity contribution is 0.0566. The van der Waals surface area contributed by atoms with E-state index in [-0.39, 0.29) is 16.8 Å². The van der Waals surface area contributed by atoms with E-state index >= 15 is 0 Å². The molecule has 0 radical (unpaired) electrons. The van der Waals surface area contributed by atoms with Gasteiger partial charge in [0.2, 0.25) is 0 Å². The molecule has 0 aromatic heterocycles. The minimum Gasteiger partial charge on any atom is -0.398 e. The topological polar surface area (TPSA) is 80.5 Å². The minimum absolute atomic E-state index is 0.0989. The summed E-state index contributed by atoms with van der Waals surface area (Å²) in [6.07, 6.45) is 0. The SMILES string of the molecule is Nc1cccc2c1C(=O)N(C(=O)c1ccccc1I)C2=O. The smallest absolute Gasteiger partial charge is 0.270 e. The van der Waals surface area contributed by atoms with Crippen molar-refractivity contribution in [3.63, 3.8) is 0 Å². The first-order chi connectivity index (χ1) is 10.0. The van der Waals surface area contributed by atoms with Gasteiger partial charge >= 0.3 is 0 Å². The fourth-order valence-corrected chi connectivity index (χ4v) is 2.87. The van der Waals surface area contributed by atoms with Crippen molar-refractivity contribution in [2.75, 3.05) is 5.73 Å². The second-order valence-corrected chi connectivity index (χ2v) is 5.66. The number of carbonyl (C=O) groups excluding carboxylic acids is 3. The molecule has 2 N–H and O–H groups in total. The summed E-state index contributed by atoms with van der Waals surface area (Å²) in [5, 5.41) is 0. The molecule has 1 aliphatic heterocycles. The van der Waals surface area contributed by atoms with Gasteiger partial charge in [-0.1, -0.05) is 18.2 Å². The Morgan fingerprint density at radius 1 is 1.00 bits per heavy atom. The number of nitrogens with zero attached hydrogens (tertiary/aromatic N) is 1. The average Bonchev–Trinajstić information content (AvgIpc) is 2.72. The minimum atomic E-state index is -0.669. The first-order valence-electron chi connectivity index (χ1n) is 6.08. The highest BCUT2D eigenvalue weighted by Gasteiger charge is 2.41. The molecule has 5 nitrogen and oxygen atoms in total. The van der Waals surface area contributed by atoms with Crippen molar-refractivity contribution in [3.8, 4) is 0 Å². The number of hydrogen-bond donors (Lipinski definition) is 1. The Labute approximate surface area is 133 Å². The van der Waals surface area contributed by atoms with E-state index in [0.29, 0.717) is 14.0 Å². The van der Waals surface area contributed by atoms with E-state index in [1.54, 1.807) is 30.3 Å². The summed E-state index contributed by atoms with van der Waals surface area (Å²) < 4.78 is 0.671. The average molecular weight is 392 g/mol. The maximum atomic E-state index is 12.5. The second kappa shape index (κ2) is 4.96. The Hall–Kier alpha value is -2.22. The third-order valence-corrected chi connectivity index (χ3v) is 4.20. The fraction of sp³-hybridized carbons (Fsp3) is 0. The number of hydrogen-bond acceptors (Lipinski definition) is 4. The molecule has 6 heteroatoms. The first-order valence-corrected chi connectivity index (χ1v) is 7.16. The first kappa shape index (κ1) is 13.7. The van der Waals surface area contributed by atoms with E-state index < -0.39 is 17.7 Å². The number of anilines is 1. The van der Waals surface area contributed by atoms with Gasteiger partial charge in [-0.15, -0.1) is 0 Å². The summed E-state index contributed by atoms with van der Waals surface area (Å²) in [6, 6.07) is 11.4. The van der Waals surface area contributed by atoms with Gasteiger partial charge in [-0.2, -0.15) is 0 Å². The van der Waals surface area contributed by atoms with E-state index in [1.165, 1.54) is 12.1 Å². The van der Waals surface area contributed by atoms with Crippen molar-refractivity contribution in [3.05, 3.63) is 62.7 Å². The second-order valence-electron chi connectivity index (χ2n) is 4.50. The van der Waals surface area contributed by atoms with Crippen molar-refractivity contribution in [1.82, 2.24) is 4.90 Å². The molecule has 2 aromatic rings. The Morgan fingerprint density at radius 3 is 2.38 bits per heavy atom. The molecule has 0 saturated carbocycles. The van der Waals surface area contributed by atoms with Crippen LogP contribution in [0.2, 0.25) is 0 Å². The maximum Gasteiger partial charge on any atom is 0.270 e. The Balaban J connectivity index is 2.09. The van der Waals surface area contributed by atoms with E-state index in [9.17, 15) is 14.4 Å². The summed E-state index contributed by atoms with van der Waals surface area (Å²) in [5.41, 5.74) is 6.52. The summed E-state index contributed by atoms with van der Waals surface area (Å²) in [6.45, 7) is 0. The van der Waals surface area contributed by atoms with E-state index in [2.05, 4.69) is 0 Å². The summed E-state index contributed by atoms with van der Waals surface area (Å²) in [4.78, 5) is 37.8. The number of nitrogen functional groups attached to an aromatic ring is 1. The van der Waals surface area contributed by atoms with Gasteiger partial charge in [0.25, 0.3) is 17.7 Å². The van der Waals surface area contributed by atoms with Crippen molar-refractivity contribution >= 4 is 46.0 Å². The number of amides is 3. The molecule has 0 saturated heterocycles. The van der Waals surface area contributed by atoms with E-state index in [0.717, 1.165) is 0 Å². The van der Waals surface area contributed by atoms with Gasteiger partial charge in [0.1, 0.15) is 0 Å². The van der Waals surface area contributed by atoms with E-state index in [4.69, 9.17) is 5.73 Å². The molecule has 0 bridgehead atoms. The number of carbonyl (C=O) groups is 3. The molecule has 1 heterocycles. The highest BCUT2D eigenvalue weighted by Crippen LogP contribution is 2.29. The van der Waals surface area contributed by atoms with Gasteiger partial charge < -0.3 is 5.73 Å². The van der Waals surface area contributed by atoms with Crippen LogP contribution in [0, 0.1) is 3.57 Å². The number of benzene rings is 2. The zero-order chi connectivity index (χ0) is 15.1. The molecule has 3 amide bonds. The predicted molar refractivity (Wildman–Crippen MR) is 84.8 cm³/mol. The molecule has 0 aliphatic carbocycles. The van der Waals surface area contributed by atoms with Crippen LogP contribution in [0.15, 0.2) is 42.5 Å². The number of rotatable bonds is 1. The fourth-order valence-electron chi connectivity index (χ4n) is 2.25. The quantitative estimate of drug-likeness (QED) is 0.459. The zero-order valence-corrected chi connectivity index (χ0v) is 12.8. The van der Waals surface area contributed by atoms with Gasteiger partial charge in [0.15, 0.2) is 0 Å². The molecule has 2 aromatic carbocycles. The van der Waals surface area contributed by atoms with Crippen LogP contribution in [0.5, 0.6) is 0 Å². The van der Waals surface area contributed by atoms with Crippen LogP contribution in [-0.2, 0) is 0 Å². The number of nitrogens with two attached hydrogens (primary N) is 1. The third kappa shape index (κ3) is 2.02. The van der Waals surface area contributed by atoms with Crippen LogP contribution < -0.4 is 5.73 Å². The normalized spacial score (nSPS) is 13.5. The van der Waals surface area contributed by atoms with Crippen molar-refractivity contribution in [2.24, 2.45) is 0 Å². The molecular formula is C15H9IN2O3. The Kier molecular flexibility index (Phi) is 3.25. The summed E-state index contributed by atoms with van der Waals surface area (Å²) in [5.74, 6) is -1.93. The molecule has 0 atom stereocenters. The molecule has 3 rings (SSSR count). The molecule has 104 valence electrons. The molecule has 0 unspecified atom stereocenters. The number of imide groups is 3. The number of halogens is 1. The van der Waals surface area contributed by atoms with Crippen LogP contribution >= 0.6 is 22.6 Å². The van der Waals surface area contributed by atoms with E-state index in [1.807, 2.05) is 22.6 Å². The molecule has 0 fully saturated rings. The van der Waals surface area contributed by atoms with Crippen LogP contribution in [0.4, 0.5) is 5.69 Å². The van der Waals surface area contributed by atoms with Gasteiger partial charge in [-0.05, 0) is 46.9 Å². The van der Waals surface area contributed by atoms with Crippen molar-refractivity contribution in [1.29, 1.82) is 0 Å². The molecule has 21 heavy (non-hydrogen) atoms. The zero-order valence-electron chi connectivity index (χ0n) is 10.7. The van der Waals surface area contributed by atoms with Crippen LogP contribution in [0.3, 0.4) is 0 Å². The monoisotopic (exact) mass is 392 g/mol. The predicted octanol–water partition coefficient (Wildman–Crippen LogP) is 2.31. The lowest BCUT2D eigenvalue weighted by Gasteiger charge is -2.12. The molecular weight excluding hydrogens is 383 g/mol. The summed E-state index contributed by atoms with van der Waals surface area (Å²) >= 11 is 1.99.